The molecule has 1 aromatic heterocycles. The zero-order valence-corrected chi connectivity index (χ0v) is 20.1. The maximum atomic E-state index is 11.8. The van der Waals surface area contributed by atoms with Gasteiger partial charge in [0, 0.05) is 55.0 Å². The van der Waals surface area contributed by atoms with Gasteiger partial charge in [-0.1, -0.05) is 19.1 Å². The highest BCUT2D eigenvalue weighted by Gasteiger charge is 2.16. The number of nitrogens with two attached hydrogens (primary N) is 1. The van der Waals surface area contributed by atoms with Crippen LogP contribution in [0.4, 0.5) is 23.0 Å². The average Bonchev–Trinajstić information content (AvgIpc) is 2.86. The summed E-state index contributed by atoms with van der Waals surface area (Å²) in [6.07, 6.45) is 1.82. The zero-order valence-electron chi connectivity index (χ0n) is 20.1. The van der Waals surface area contributed by atoms with Crippen molar-refractivity contribution in [1.29, 1.82) is 0 Å². The van der Waals surface area contributed by atoms with Crippen LogP contribution in [0.2, 0.25) is 0 Å². The predicted molar refractivity (Wildman–Crippen MR) is 139 cm³/mol. The fourth-order valence-corrected chi connectivity index (χ4v) is 3.97. The molecule has 8 nitrogen and oxygen atoms in total. The molecule has 2 aromatic carbocycles. The Morgan fingerprint density at radius 3 is 2.29 bits per heavy atom. The molecule has 1 atom stereocenters. The van der Waals surface area contributed by atoms with Gasteiger partial charge in [-0.05, 0) is 62.4 Å². The van der Waals surface area contributed by atoms with Crippen LogP contribution >= 0.6 is 0 Å². The quantitative estimate of drug-likeness (QED) is 0.496. The van der Waals surface area contributed by atoms with E-state index in [1.54, 1.807) is 6.92 Å². The summed E-state index contributed by atoms with van der Waals surface area (Å²) in [5.41, 5.74) is 11.3. The first-order valence-electron chi connectivity index (χ1n) is 11.8. The number of carbonyl (C=O) groups is 1. The highest BCUT2D eigenvalue weighted by molar-refractivity contribution is 5.94. The van der Waals surface area contributed by atoms with Gasteiger partial charge in [-0.15, -0.1) is 0 Å². The Hall–Kier alpha value is -3.49. The average molecular weight is 460 g/mol. The molecule has 0 spiro atoms. The van der Waals surface area contributed by atoms with Crippen LogP contribution in [0.3, 0.4) is 0 Å². The summed E-state index contributed by atoms with van der Waals surface area (Å²) in [6, 6.07) is 15.4. The summed E-state index contributed by atoms with van der Waals surface area (Å²) >= 11 is 0. The number of nitrogens with one attached hydrogen (secondary N) is 2. The van der Waals surface area contributed by atoms with Crippen LogP contribution in [-0.2, 0) is 4.79 Å². The largest absolute Gasteiger partial charge is 0.369 e. The summed E-state index contributed by atoms with van der Waals surface area (Å²) in [5.74, 6) is 0.325. The van der Waals surface area contributed by atoms with E-state index < -0.39 is 6.04 Å². The van der Waals surface area contributed by atoms with E-state index in [0.29, 0.717) is 11.6 Å². The highest BCUT2D eigenvalue weighted by atomic mass is 16.2. The Bertz CT molecular complexity index is 1100. The Balaban J connectivity index is 1.43. The third-order valence-corrected chi connectivity index (χ3v) is 6.12. The van der Waals surface area contributed by atoms with E-state index in [1.807, 2.05) is 37.4 Å². The SMILES string of the molecule is CCN1CCN(c2ccc(Nc3ncc(C)c(-c4ccc(NC(=O)C(C)N)cc4)n3)cc2)CC1. The summed E-state index contributed by atoms with van der Waals surface area (Å²) in [7, 11) is 0. The molecule has 1 aliphatic heterocycles. The van der Waals surface area contributed by atoms with Crippen molar-refractivity contribution in [2.75, 3.05) is 48.3 Å². The van der Waals surface area contributed by atoms with E-state index in [0.717, 1.165) is 55.2 Å². The molecule has 8 heteroatoms. The first-order chi connectivity index (χ1) is 16.4. The van der Waals surface area contributed by atoms with Gasteiger partial charge in [0.05, 0.1) is 11.7 Å². The molecule has 34 heavy (non-hydrogen) atoms. The van der Waals surface area contributed by atoms with Gasteiger partial charge in [-0.3, -0.25) is 4.79 Å². The number of likely N-dealkylation sites (N-methyl/N-ethyl adjacent to an activating group) is 1. The molecule has 3 aromatic rings. The summed E-state index contributed by atoms with van der Waals surface area (Å²) in [6.45, 7) is 11.3. The van der Waals surface area contributed by atoms with Crippen molar-refractivity contribution in [2.45, 2.75) is 26.8 Å². The molecular formula is C26H33N7O. The Morgan fingerprint density at radius 2 is 1.68 bits per heavy atom. The van der Waals surface area contributed by atoms with E-state index in [4.69, 9.17) is 10.7 Å². The molecule has 178 valence electrons. The lowest BCUT2D eigenvalue weighted by molar-refractivity contribution is -0.117. The maximum absolute atomic E-state index is 11.8. The topological polar surface area (TPSA) is 99.4 Å². The van der Waals surface area contributed by atoms with Gasteiger partial charge in [0.1, 0.15) is 0 Å². The van der Waals surface area contributed by atoms with Gasteiger partial charge in [0.25, 0.3) is 0 Å². The first-order valence-corrected chi connectivity index (χ1v) is 11.8. The van der Waals surface area contributed by atoms with Crippen molar-refractivity contribution in [3.8, 4) is 11.3 Å². The number of hydrogen-bond donors (Lipinski definition) is 3. The number of amides is 1. The van der Waals surface area contributed by atoms with Gasteiger partial charge in [0.2, 0.25) is 11.9 Å². The minimum absolute atomic E-state index is 0.216. The molecule has 0 saturated carbocycles. The monoisotopic (exact) mass is 459 g/mol. The minimum atomic E-state index is -0.558. The lowest BCUT2D eigenvalue weighted by Crippen LogP contribution is -2.46. The van der Waals surface area contributed by atoms with Crippen molar-refractivity contribution in [3.63, 3.8) is 0 Å². The summed E-state index contributed by atoms with van der Waals surface area (Å²) < 4.78 is 0. The number of carbonyl (C=O) groups excluding carboxylic acids is 1. The van der Waals surface area contributed by atoms with Crippen LogP contribution in [-0.4, -0.2) is 59.5 Å². The second-order valence-corrected chi connectivity index (χ2v) is 8.67. The molecule has 2 heterocycles. The molecule has 1 amide bonds. The third kappa shape index (κ3) is 5.70. The van der Waals surface area contributed by atoms with Crippen molar-refractivity contribution in [1.82, 2.24) is 14.9 Å². The number of rotatable bonds is 7. The standard InChI is InChI=1S/C26H33N7O/c1-4-32-13-15-33(16-14-32)23-11-9-22(10-12-23)30-26-28-17-18(2)24(31-26)20-5-7-21(8-6-20)29-25(34)19(3)27/h5-12,17,19H,4,13-16,27H2,1-3H3,(H,29,34)(H,28,30,31). The van der Waals surface area contributed by atoms with Crippen LogP contribution in [0.1, 0.15) is 19.4 Å². The Kier molecular flexibility index (Phi) is 7.40. The molecule has 1 unspecified atom stereocenters. The molecule has 4 rings (SSSR count). The van der Waals surface area contributed by atoms with Gasteiger partial charge in [-0.25, -0.2) is 9.97 Å². The number of benzene rings is 2. The molecule has 1 fully saturated rings. The molecule has 1 aliphatic rings. The van der Waals surface area contributed by atoms with Crippen LogP contribution in [0, 0.1) is 6.92 Å². The second-order valence-electron chi connectivity index (χ2n) is 8.67. The lowest BCUT2D eigenvalue weighted by atomic mass is 10.1. The van der Waals surface area contributed by atoms with E-state index in [1.165, 1.54) is 5.69 Å². The third-order valence-electron chi connectivity index (χ3n) is 6.12. The zero-order chi connectivity index (χ0) is 24.1. The fraction of sp³-hybridized carbons (Fsp3) is 0.346. The molecular weight excluding hydrogens is 426 g/mol. The first kappa shape index (κ1) is 23.7. The van der Waals surface area contributed by atoms with Gasteiger partial charge in [0.15, 0.2) is 0 Å². The normalized spacial score (nSPS) is 15.1. The molecule has 0 aliphatic carbocycles. The predicted octanol–water partition coefficient (Wildman–Crippen LogP) is 3.62. The number of anilines is 4. The van der Waals surface area contributed by atoms with E-state index in [-0.39, 0.29) is 5.91 Å². The van der Waals surface area contributed by atoms with Crippen molar-refractivity contribution in [2.24, 2.45) is 5.73 Å². The number of hydrogen-bond acceptors (Lipinski definition) is 7. The number of piperazine rings is 1. The van der Waals surface area contributed by atoms with Crippen molar-refractivity contribution in [3.05, 3.63) is 60.3 Å². The van der Waals surface area contributed by atoms with Crippen LogP contribution < -0.4 is 21.3 Å². The van der Waals surface area contributed by atoms with E-state index >= 15 is 0 Å². The van der Waals surface area contributed by atoms with Crippen molar-refractivity contribution < 1.29 is 4.79 Å². The van der Waals surface area contributed by atoms with E-state index in [9.17, 15) is 4.79 Å². The highest BCUT2D eigenvalue weighted by Crippen LogP contribution is 2.26. The van der Waals surface area contributed by atoms with Crippen molar-refractivity contribution >= 4 is 28.9 Å². The van der Waals surface area contributed by atoms with Crippen LogP contribution in [0.15, 0.2) is 54.7 Å². The number of aryl methyl sites for hydroxylation is 1. The summed E-state index contributed by atoms with van der Waals surface area (Å²) in [4.78, 5) is 25.9. The molecule has 1 saturated heterocycles. The lowest BCUT2D eigenvalue weighted by Gasteiger charge is -2.35. The van der Waals surface area contributed by atoms with E-state index in [2.05, 4.69) is 56.6 Å². The number of nitrogens with zero attached hydrogens (tertiary/aromatic N) is 4. The van der Waals surface area contributed by atoms with Gasteiger partial charge >= 0.3 is 0 Å². The van der Waals surface area contributed by atoms with Crippen LogP contribution in [0.5, 0.6) is 0 Å². The second kappa shape index (κ2) is 10.6. The number of aromatic nitrogens is 2. The maximum Gasteiger partial charge on any atom is 0.240 e. The molecule has 0 bridgehead atoms. The Labute approximate surface area is 201 Å². The summed E-state index contributed by atoms with van der Waals surface area (Å²) in [5, 5.41) is 6.11. The molecule has 4 N–H and O–H groups in total. The minimum Gasteiger partial charge on any atom is -0.369 e. The smallest absolute Gasteiger partial charge is 0.240 e. The Morgan fingerprint density at radius 1 is 1.03 bits per heavy atom. The fourth-order valence-electron chi connectivity index (χ4n) is 3.97. The van der Waals surface area contributed by atoms with Gasteiger partial charge < -0.3 is 26.2 Å². The van der Waals surface area contributed by atoms with Crippen LogP contribution in [0.25, 0.3) is 11.3 Å². The van der Waals surface area contributed by atoms with Gasteiger partial charge in [-0.2, -0.15) is 0 Å². The molecule has 0 radical (unpaired) electrons.